The van der Waals surface area contributed by atoms with Crippen molar-refractivity contribution in [2.45, 2.75) is 33.7 Å². The number of hydrogen-bond donors (Lipinski definition) is 2. The number of ether oxygens (including phenoxy) is 2. The Morgan fingerprint density at radius 2 is 1.88 bits per heavy atom. The summed E-state index contributed by atoms with van der Waals surface area (Å²) < 4.78 is 11.3. The second-order valence-electron chi connectivity index (χ2n) is 6.74. The van der Waals surface area contributed by atoms with Gasteiger partial charge in [-0.2, -0.15) is 0 Å². The quantitative estimate of drug-likeness (QED) is 0.205. The van der Waals surface area contributed by atoms with E-state index in [-0.39, 0.29) is 24.0 Å². The average molecular weight is 567 g/mol. The van der Waals surface area contributed by atoms with E-state index in [9.17, 15) is 0 Å². The first-order valence-electron chi connectivity index (χ1n) is 10.4. The highest BCUT2D eigenvalue weighted by Gasteiger charge is 2.04. The number of guanidine groups is 1. The lowest BCUT2D eigenvalue weighted by Gasteiger charge is -2.11. The van der Waals surface area contributed by atoms with Crippen molar-refractivity contribution >= 4 is 41.3 Å². The molecule has 0 fully saturated rings. The molecule has 0 saturated heterocycles. The van der Waals surface area contributed by atoms with Crippen molar-refractivity contribution in [2.24, 2.45) is 4.99 Å². The van der Waals surface area contributed by atoms with Crippen LogP contribution >= 0.6 is 35.3 Å². The van der Waals surface area contributed by atoms with Gasteiger partial charge in [0.2, 0.25) is 5.88 Å². The SMILES string of the molecule is CCNC(=NCc1ccnc(Oc2ccc(OCC)cc2)c1)NCCc1csc(C)n1.I. The second kappa shape index (κ2) is 13.9. The molecule has 0 bridgehead atoms. The maximum atomic E-state index is 5.87. The zero-order chi connectivity index (χ0) is 21.9. The van der Waals surface area contributed by atoms with Gasteiger partial charge in [-0.25, -0.2) is 15.0 Å². The van der Waals surface area contributed by atoms with Crippen molar-refractivity contribution in [3.05, 3.63) is 64.2 Å². The number of aryl methyl sites for hydroxylation is 1. The number of thiazole rings is 1. The van der Waals surface area contributed by atoms with Gasteiger partial charge < -0.3 is 20.1 Å². The minimum Gasteiger partial charge on any atom is -0.494 e. The number of nitrogens with zero attached hydrogens (tertiary/aromatic N) is 3. The standard InChI is InChI=1S/C23H29N5O2S.HI/c1-4-24-23(26-13-11-19-16-31-17(3)28-19)27-15-18-10-12-25-22(14-18)30-21-8-6-20(7-9-21)29-5-2;/h6-10,12,14,16H,4-5,11,13,15H2,1-3H3,(H2,24,26,27);1H. The number of aliphatic imine (C=N–C) groups is 1. The molecule has 1 aromatic carbocycles. The fraction of sp³-hybridized carbons (Fsp3) is 0.348. The minimum atomic E-state index is 0. The monoisotopic (exact) mass is 567 g/mol. The van der Waals surface area contributed by atoms with Gasteiger partial charge in [-0.3, -0.25) is 0 Å². The van der Waals surface area contributed by atoms with Crippen LogP contribution in [0, 0.1) is 6.92 Å². The van der Waals surface area contributed by atoms with Crippen LogP contribution in [0.2, 0.25) is 0 Å². The van der Waals surface area contributed by atoms with Crippen molar-refractivity contribution in [1.82, 2.24) is 20.6 Å². The number of nitrogens with one attached hydrogen (secondary N) is 2. The lowest BCUT2D eigenvalue weighted by atomic mass is 10.2. The Kier molecular flexibility index (Phi) is 11.2. The number of benzene rings is 1. The fourth-order valence-corrected chi connectivity index (χ4v) is 3.49. The van der Waals surface area contributed by atoms with Crippen molar-refractivity contribution in [3.63, 3.8) is 0 Å². The van der Waals surface area contributed by atoms with Crippen molar-refractivity contribution in [2.75, 3.05) is 19.7 Å². The summed E-state index contributed by atoms with van der Waals surface area (Å²) in [5, 5.41) is 9.84. The molecular formula is C23H30IN5O2S. The molecule has 2 heterocycles. The zero-order valence-electron chi connectivity index (χ0n) is 18.6. The highest BCUT2D eigenvalue weighted by molar-refractivity contribution is 14.0. The fourth-order valence-electron chi connectivity index (χ4n) is 2.84. The highest BCUT2D eigenvalue weighted by Crippen LogP contribution is 2.23. The van der Waals surface area contributed by atoms with Crippen molar-refractivity contribution in [1.29, 1.82) is 0 Å². The Morgan fingerprint density at radius 1 is 1.09 bits per heavy atom. The van der Waals surface area contributed by atoms with Gasteiger partial charge in [0.1, 0.15) is 11.5 Å². The summed E-state index contributed by atoms with van der Waals surface area (Å²) in [5.41, 5.74) is 2.12. The molecule has 0 aliphatic rings. The van der Waals surface area contributed by atoms with Gasteiger partial charge in [0.15, 0.2) is 5.96 Å². The molecule has 0 unspecified atom stereocenters. The van der Waals surface area contributed by atoms with E-state index in [1.165, 1.54) is 0 Å². The van der Waals surface area contributed by atoms with Gasteiger partial charge in [0, 0.05) is 37.2 Å². The summed E-state index contributed by atoms with van der Waals surface area (Å²) in [6.45, 7) is 8.76. The number of halogens is 1. The summed E-state index contributed by atoms with van der Waals surface area (Å²) in [4.78, 5) is 13.5. The number of hydrogen-bond acceptors (Lipinski definition) is 6. The summed E-state index contributed by atoms with van der Waals surface area (Å²) >= 11 is 1.68. The molecule has 0 spiro atoms. The molecule has 2 aromatic heterocycles. The molecule has 0 amide bonds. The molecule has 2 N–H and O–H groups in total. The van der Waals surface area contributed by atoms with Crippen LogP contribution < -0.4 is 20.1 Å². The first-order chi connectivity index (χ1) is 15.2. The molecule has 32 heavy (non-hydrogen) atoms. The first-order valence-corrected chi connectivity index (χ1v) is 11.3. The summed E-state index contributed by atoms with van der Waals surface area (Å²) in [6, 6.07) is 11.4. The lowest BCUT2D eigenvalue weighted by molar-refractivity contribution is 0.339. The molecule has 0 aliphatic carbocycles. The van der Waals surface area contributed by atoms with E-state index in [1.54, 1.807) is 17.5 Å². The van der Waals surface area contributed by atoms with Crippen LogP contribution in [0.3, 0.4) is 0 Å². The van der Waals surface area contributed by atoms with E-state index >= 15 is 0 Å². The maximum absolute atomic E-state index is 5.87. The molecule has 172 valence electrons. The van der Waals surface area contributed by atoms with Crippen molar-refractivity contribution < 1.29 is 9.47 Å². The van der Waals surface area contributed by atoms with Crippen LogP contribution in [0.4, 0.5) is 0 Å². The second-order valence-corrected chi connectivity index (χ2v) is 7.80. The van der Waals surface area contributed by atoms with E-state index in [2.05, 4.69) is 37.9 Å². The predicted molar refractivity (Wildman–Crippen MR) is 141 cm³/mol. The maximum Gasteiger partial charge on any atom is 0.219 e. The van der Waals surface area contributed by atoms with Crippen LogP contribution in [0.25, 0.3) is 0 Å². The molecule has 0 aliphatic heterocycles. The van der Waals surface area contributed by atoms with Gasteiger partial charge in [0.05, 0.1) is 23.9 Å². The molecule has 0 saturated carbocycles. The zero-order valence-corrected chi connectivity index (χ0v) is 21.8. The van der Waals surface area contributed by atoms with E-state index in [4.69, 9.17) is 9.47 Å². The molecule has 0 atom stereocenters. The molecule has 3 rings (SSSR count). The third kappa shape index (κ3) is 8.62. The Morgan fingerprint density at radius 3 is 2.56 bits per heavy atom. The normalized spacial score (nSPS) is 10.9. The first kappa shape index (κ1) is 25.9. The number of aromatic nitrogens is 2. The van der Waals surface area contributed by atoms with Crippen LogP contribution in [-0.4, -0.2) is 35.6 Å². The Balaban J connectivity index is 0.00000363. The third-order valence-electron chi connectivity index (χ3n) is 4.26. The van der Waals surface area contributed by atoms with Gasteiger partial charge in [-0.05, 0) is 56.7 Å². The number of rotatable bonds is 10. The molecule has 0 radical (unpaired) electrons. The van der Waals surface area contributed by atoms with Crippen LogP contribution in [-0.2, 0) is 13.0 Å². The van der Waals surface area contributed by atoms with Gasteiger partial charge in [0.25, 0.3) is 0 Å². The van der Waals surface area contributed by atoms with E-state index < -0.39 is 0 Å². The summed E-state index contributed by atoms with van der Waals surface area (Å²) in [5.74, 6) is 2.84. The van der Waals surface area contributed by atoms with Crippen LogP contribution in [0.15, 0.2) is 53.0 Å². The van der Waals surface area contributed by atoms with Crippen LogP contribution in [0.5, 0.6) is 17.4 Å². The van der Waals surface area contributed by atoms with Crippen LogP contribution in [0.1, 0.15) is 30.1 Å². The Bertz CT molecular complexity index is 979. The molecule has 7 nitrogen and oxygen atoms in total. The number of pyridine rings is 1. The smallest absolute Gasteiger partial charge is 0.219 e. The topological polar surface area (TPSA) is 80.7 Å². The largest absolute Gasteiger partial charge is 0.494 e. The van der Waals surface area contributed by atoms with Gasteiger partial charge in [-0.15, -0.1) is 35.3 Å². The molecular weight excluding hydrogens is 537 g/mol. The summed E-state index contributed by atoms with van der Waals surface area (Å²) in [6.07, 6.45) is 2.60. The van der Waals surface area contributed by atoms with Gasteiger partial charge >= 0.3 is 0 Å². The Hall–Kier alpha value is -2.40. The lowest BCUT2D eigenvalue weighted by Crippen LogP contribution is -2.38. The molecule has 3 aromatic rings. The highest BCUT2D eigenvalue weighted by atomic mass is 127. The third-order valence-corrected chi connectivity index (χ3v) is 5.08. The Labute approximate surface area is 210 Å². The van der Waals surface area contributed by atoms with E-state index in [0.717, 1.165) is 47.5 Å². The van der Waals surface area contributed by atoms with E-state index in [1.807, 2.05) is 50.2 Å². The van der Waals surface area contributed by atoms with Gasteiger partial charge in [-0.1, -0.05) is 0 Å². The minimum absolute atomic E-state index is 0. The molecule has 9 heteroatoms. The summed E-state index contributed by atoms with van der Waals surface area (Å²) in [7, 11) is 0. The van der Waals surface area contributed by atoms with Crippen molar-refractivity contribution in [3.8, 4) is 17.4 Å². The predicted octanol–water partition coefficient (Wildman–Crippen LogP) is 4.95. The average Bonchev–Trinajstić information content (AvgIpc) is 3.19. The van der Waals surface area contributed by atoms with E-state index in [0.29, 0.717) is 24.8 Å².